The van der Waals surface area contributed by atoms with Gasteiger partial charge in [-0.2, -0.15) is 0 Å². The molecule has 0 amide bonds. The molecule has 1 aliphatic rings. The molecule has 0 bridgehead atoms. The van der Waals surface area contributed by atoms with Crippen molar-refractivity contribution >= 4 is 11.5 Å². The van der Waals surface area contributed by atoms with Gasteiger partial charge in [0, 0.05) is 18.3 Å². The number of rotatable bonds is 5. The van der Waals surface area contributed by atoms with Crippen LogP contribution in [-0.2, 0) is 16.1 Å². The van der Waals surface area contributed by atoms with E-state index in [-0.39, 0.29) is 18.3 Å². The number of anilines is 1. The van der Waals surface area contributed by atoms with Gasteiger partial charge >= 0.3 is 0 Å². The number of hydrogen-bond donors (Lipinski definition) is 1. The molecule has 0 unspecified atom stereocenters. The van der Waals surface area contributed by atoms with Gasteiger partial charge in [-0.05, 0) is 12.0 Å². The molecule has 6 nitrogen and oxygen atoms in total. The largest absolute Gasteiger partial charge is 0.381 e. The Balaban J connectivity index is 1.64. The fraction of sp³-hybridized carbons (Fsp3) is 0.400. The van der Waals surface area contributed by atoms with Crippen molar-refractivity contribution in [1.82, 2.24) is 14.4 Å². The van der Waals surface area contributed by atoms with Crippen LogP contribution in [0.2, 0.25) is 0 Å². The van der Waals surface area contributed by atoms with Crippen molar-refractivity contribution in [2.75, 3.05) is 5.73 Å². The van der Waals surface area contributed by atoms with E-state index in [0.717, 1.165) is 17.7 Å². The van der Waals surface area contributed by atoms with Crippen molar-refractivity contribution in [3.8, 4) is 0 Å². The number of nitrogens with two attached hydrogens (primary N) is 1. The number of nitrogens with zero attached hydrogens (tertiary/aromatic N) is 3. The molecular weight excluding hydrogens is 328 g/mol. The molecule has 3 aromatic rings. The van der Waals surface area contributed by atoms with Gasteiger partial charge in [0.2, 0.25) is 0 Å². The quantitative estimate of drug-likeness (QED) is 0.762. The summed E-state index contributed by atoms with van der Waals surface area (Å²) in [6, 6.07) is 10.2. The average Bonchev–Trinajstić information content (AvgIpc) is 3.23. The standard InChI is InChI=1S/C20H24N4O2/c1-3-16-13(2)17(25-12-14-7-5-4-6-8-14)18(26-16)15-11-23-20-19(21)22-9-10-24(15)20/h4-11,13,16-18H,3,12H2,1-2H3,(H2,21,22)/t13-,16-,17-,18+/m1/s1. The lowest BCUT2D eigenvalue weighted by atomic mass is 9.95. The molecule has 1 aromatic carbocycles. The smallest absolute Gasteiger partial charge is 0.180 e. The van der Waals surface area contributed by atoms with Gasteiger partial charge < -0.3 is 15.2 Å². The highest BCUT2D eigenvalue weighted by Crippen LogP contribution is 2.41. The molecule has 26 heavy (non-hydrogen) atoms. The van der Waals surface area contributed by atoms with Gasteiger partial charge in [0.15, 0.2) is 11.5 Å². The van der Waals surface area contributed by atoms with Crippen molar-refractivity contribution in [3.63, 3.8) is 0 Å². The van der Waals surface area contributed by atoms with Crippen LogP contribution in [0, 0.1) is 5.92 Å². The van der Waals surface area contributed by atoms with Gasteiger partial charge in [-0.15, -0.1) is 0 Å². The highest BCUT2D eigenvalue weighted by Gasteiger charge is 2.43. The number of nitrogen functional groups attached to an aromatic ring is 1. The Morgan fingerprint density at radius 3 is 2.81 bits per heavy atom. The van der Waals surface area contributed by atoms with Crippen LogP contribution >= 0.6 is 0 Å². The molecule has 0 radical (unpaired) electrons. The van der Waals surface area contributed by atoms with Gasteiger partial charge in [-0.3, -0.25) is 4.40 Å². The van der Waals surface area contributed by atoms with Crippen LogP contribution in [0.15, 0.2) is 48.9 Å². The summed E-state index contributed by atoms with van der Waals surface area (Å²) in [5.74, 6) is 0.706. The molecule has 1 fully saturated rings. The van der Waals surface area contributed by atoms with Crippen LogP contribution < -0.4 is 5.73 Å². The van der Waals surface area contributed by atoms with Crippen LogP contribution in [-0.4, -0.2) is 26.6 Å². The van der Waals surface area contributed by atoms with E-state index in [1.807, 2.05) is 35.0 Å². The lowest BCUT2D eigenvalue weighted by Gasteiger charge is -2.22. The van der Waals surface area contributed by atoms with E-state index >= 15 is 0 Å². The lowest BCUT2D eigenvalue weighted by Crippen LogP contribution is -2.25. The predicted molar refractivity (Wildman–Crippen MR) is 99.5 cm³/mol. The van der Waals surface area contributed by atoms with E-state index < -0.39 is 0 Å². The average molecular weight is 352 g/mol. The van der Waals surface area contributed by atoms with Gasteiger partial charge in [0.05, 0.1) is 30.7 Å². The molecule has 0 saturated carbocycles. The van der Waals surface area contributed by atoms with Crippen LogP contribution in [0.5, 0.6) is 0 Å². The number of fused-ring (bicyclic) bond motifs is 1. The number of aromatic nitrogens is 3. The van der Waals surface area contributed by atoms with Crippen molar-refractivity contribution in [2.45, 2.75) is 45.2 Å². The molecule has 2 N–H and O–H groups in total. The Morgan fingerprint density at radius 1 is 1.23 bits per heavy atom. The molecule has 4 rings (SSSR count). The second-order valence-electron chi connectivity index (χ2n) is 6.81. The van der Waals surface area contributed by atoms with Crippen LogP contribution in [0.3, 0.4) is 0 Å². The number of benzene rings is 1. The minimum Gasteiger partial charge on any atom is -0.381 e. The first-order valence-corrected chi connectivity index (χ1v) is 9.07. The molecule has 0 spiro atoms. The van der Waals surface area contributed by atoms with Crippen LogP contribution in [0.4, 0.5) is 5.82 Å². The third-order valence-electron chi connectivity index (χ3n) is 5.19. The van der Waals surface area contributed by atoms with Crippen molar-refractivity contribution in [1.29, 1.82) is 0 Å². The Labute approximate surface area is 153 Å². The topological polar surface area (TPSA) is 74.7 Å². The SMILES string of the molecule is CC[C@H]1O[C@@H](c2cnc3c(N)nccn23)[C@H](OCc2ccccc2)[C@@H]1C. The van der Waals surface area contributed by atoms with Crippen molar-refractivity contribution < 1.29 is 9.47 Å². The maximum absolute atomic E-state index is 6.37. The fourth-order valence-electron chi connectivity index (χ4n) is 3.76. The summed E-state index contributed by atoms with van der Waals surface area (Å²) >= 11 is 0. The third-order valence-corrected chi connectivity index (χ3v) is 5.19. The summed E-state index contributed by atoms with van der Waals surface area (Å²) < 4.78 is 14.7. The molecule has 0 aliphatic carbocycles. The monoisotopic (exact) mass is 352 g/mol. The van der Waals surface area contributed by atoms with E-state index in [1.165, 1.54) is 0 Å². The van der Waals surface area contributed by atoms with E-state index in [9.17, 15) is 0 Å². The van der Waals surface area contributed by atoms with E-state index in [0.29, 0.717) is 24.0 Å². The fourth-order valence-corrected chi connectivity index (χ4v) is 3.76. The Kier molecular flexibility index (Phi) is 4.61. The second kappa shape index (κ2) is 7.05. The summed E-state index contributed by atoms with van der Waals surface area (Å²) in [7, 11) is 0. The molecule has 4 atom stereocenters. The normalized spacial score (nSPS) is 25.8. The molecule has 1 aliphatic heterocycles. The van der Waals surface area contributed by atoms with Gasteiger partial charge in [-0.1, -0.05) is 44.2 Å². The lowest BCUT2D eigenvalue weighted by molar-refractivity contribution is -0.0358. The summed E-state index contributed by atoms with van der Waals surface area (Å²) in [5, 5.41) is 0. The highest BCUT2D eigenvalue weighted by atomic mass is 16.6. The summed E-state index contributed by atoms with van der Waals surface area (Å²) in [6.45, 7) is 4.91. The third kappa shape index (κ3) is 2.95. The minimum absolute atomic E-state index is 0.0468. The van der Waals surface area contributed by atoms with Crippen molar-refractivity contribution in [2.24, 2.45) is 5.92 Å². The van der Waals surface area contributed by atoms with Gasteiger partial charge in [-0.25, -0.2) is 9.97 Å². The van der Waals surface area contributed by atoms with Gasteiger partial charge in [0.25, 0.3) is 0 Å². The maximum atomic E-state index is 6.37. The van der Waals surface area contributed by atoms with Gasteiger partial charge in [0.1, 0.15) is 6.10 Å². The molecule has 1 saturated heterocycles. The molecule has 136 valence electrons. The van der Waals surface area contributed by atoms with E-state index in [2.05, 4.69) is 35.9 Å². The number of ether oxygens (including phenoxy) is 2. The van der Waals surface area contributed by atoms with Crippen molar-refractivity contribution in [3.05, 3.63) is 60.2 Å². The first-order chi connectivity index (χ1) is 12.7. The summed E-state index contributed by atoms with van der Waals surface area (Å²) in [6.07, 6.45) is 6.25. The summed E-state index contributed by atoms with van der Waals surface area (Å²) in [5.41, 5.74) is 8.72. The Morgan fingerprint density at radius 2 is 2.04 bits per heavy atom. The molecule has 6 heteroatoms. The summed E-state index contributed by atoms with van der Waals surface area (Å²) in [4.78, 5) is 8.54. The zero-order chi connectivity index (χ0) is 18.1. The second-order valence-corrected chi connectivity index (χ2v) is 6.81. The Hall–Kier alpha value is -2.44. The zero-order valence-corrected chi connectivity index (χ0v) is 15.1. The zero-order valence-electron chi connectivity index (χ0n) is 15.1. The van der Waals surface area contributed by atoms with E-state index in [4.69, 9.17) is 15.2 Å². The minimum atomic E-state index is -0.185. The van der Waals surface area contributed by atoms with E-state index in [1.54, 1.807) is 6.20 Å². The maximum Gasteiger partial charge on any atom is 0.180 e. The Bertz CT molecular complexity index is 880. The number of hydrogen-bond acceptors (Lipinski definition) is 5. The molecular formula is C20H24N4O2. The van der Waals surface area contributed by atoms with Crippen LogP contribution in [0.1, 0.15) is 37.6 Å². The first-order valence-electron chi connectivity index (χ1n) is 9.07. The molecule has 2 aromatic heterocycles. The molecule has 3 heterocycles. The highest BCUT2D eigenvalue weighted by molar-refractivity contribution is 5.59. The number of imidazole rings is 1. The van der Waals surface area contributed by atoms with Crippen LogP contribution in [0.25, 0.3) is 5.65 Å². The first kappa shape index (κ1) is 17.0. The predicted octanol–water partition coefficient (Wildman–Crippen LogP) is 3.38.